The lowest BCUT2D eigenvalue weighted by Crippen LogP contribution is -2.25. The molecule has 0 bridgehead atoms. The zero-order valence-electron chi connectivity index (χ0n) is 23.7. The predicted molar refractivity (Wildman–Crippen MR) is 164 cm³/mol. The van der Waals surface area contributed by atoms with E-state index in [1.54, 1.807) is 41.7 Å². The van der Waals surface area contributed by atoms with Crippen LogP contribution in [0, 0.1) is 11.6 Å². The molecule has 3 heterocycles. The van der Waals surface area contributed by atoms with E-state index in [1.807, 2.05) is 0 Å². The molecule has 10 nitrogen and oxygen atoms in total. The lowest BCUT2D eigenvalue weighted by atomic mass is 9.97. The zero-order valence-corrected chi connectivity index (χ0v) is 24.5. The molecule has 1 N–H and O–H groups in total. The van der Waals surface area contributed by atoms with Crippen molar-refractivity contribution >= 4 is 44.5 Å². The highest BCUT2D eigenvalue weighted by Gasteiger charge is 2.25. The Morgan fingerprint density at radius 1 is 1.00 bits per heavy atom. The Morgan fingerprint density at radius 2 is 1.73 bits per heavy atom. The number of rotatable bonds is 7. The van der Waals surface area contributed by atoms with Crippen LogP contribution in [0.5, 0.6) is 0 Å². The molecule has 3 aromatic carbocycles. The lowest BCUT2D eigenvalue weighted by Gasteiger charge is -2.20. The summed E-state index contributed by atoms with van der Waals surface area (Å²) in [5.41, 5.74) is 3.08. The molecule has 0 aliphatic rings. The standard InChI is InChI=1S/C31H24F2N6O4S/c1-34-30(40)28-24-13-22(26(38(2)44(3)42)14-27(24)43-29(28)17-4-7-19(32)8-5-17)18-6-11-25-23(12-18)31(41)39(37-36-25)16-21-10-9-20(33)15-35-21/h4-15H,16H2,1-3H3,(H,34,40). The second kappa shape index (κ2) is 11.4. The fourth-order valence-electron chi connectivity index (χ4n) is 4.92. The number of anilines is 1. The van der Waals surface area contributed by atoms with Gasteiger partial charge >= 0.3 is 0 Å². The highest BCUT2D eigenvalue weighted by molar-refractivity contribution is 7.85. The third-order valence-corrected chi connectivity index (χ3v) is 8.19. The maximum Gasteiger partial charge on any atom is 0.277 e. The van der Waals surface area contributed by atoms with Crippen LogP contribution < -0.4 is 15.2 Å². The Labute approximate surface area is 251 Å². The smallest absolute Gasteiger partial charge is 0.277 e. The first-order chi connectivity index (χ1) is 21.1. The van der Waals surface area contributed by atoms with Crippen molar-refractivity contribution in [1.82, 2.24) is 25.3 Å². The number of benzene rings is 3. The number of hydrogen-bond acceptors (Lipinski definition) is 7. The van der Waals surface area contributed by atoms with Crippen LogP contribution >= 0.6 is 0 Å². The molecule has 1 atom stereocenters. The molecule has 1 amide bonds. The molecule has 0 spiro atoms. The van der Waals surface area contributed by atoms with Crippen molar-refractivity contribution in [3.8, 4) is 22.5 Å². The molecule has 6 aromatic rings. The molecule has 1 unspecified atom stereocenters. The van der Waals surface area contributed by atoms with Crippen molar-refractivity contribution in [3.05, 3.63) is 106 Å². The summed E-state index contributed by atoms with van der Waals surface area (Å²) in [4.78, 5) is 30.7. The molecule has 6 rings (SSSR count). The van der Waals surface area contributed by atoms with Crippen molar-refractivity contribution in [2.45, 2.75) is 6.54 Å². The van der Waals surface area contributed by atoms with Crippen LogP contribution in [0.4, 0.5) is 14.5 Å². The van der Waals surface area contributed by atoms with Crippen molar-refractivity contribution in [2.75, 3.05) is 24.7 Å². The van der Waals surface area contributed by atoms with Gasteiger partial charge in [0, 0.05) is 42.9 Å². The number of nitrogens with zero attached hydrogens (tertiary/aromatic N) is 5. The van der Waals surface area contributed by atoms with E-state index in [2.05, 4.69) is 20.6 Å². The normalized spacial score (nSPS) is 12.0. The predicted octanol–water partition coefficient (Wildman–Crippen LogP) is 4.68. The number of fused-ring (bicyclic) bond motifs is 2. The van der Waals surface area contributed by atoms with E-state index in [9.17, 15) is 22.6 Å². The van der Waals surface area contributed by atoms with Gasteiger partial charge in [-0.2, -0.15) is 0 Å². The molecule has 0 radical (unpaired) electrons. The van der Waals surface area contributed by atoms with Crippen molar-refractivity contribution < 1.29 is 22.2 Å². The second-order valence-electron chi connectivity index (χ2n) is 9.93. The Balaban J connectivity index is 1.56. The van der Waals surface area contributed by atoms with Gasteiger partial charge in [0.1, 0.15) is 39.5 Å². The maximum atomic E-state index is 13.7. The van der Waals surface area contributed by atoms with E-state index in [0.29, 0.717) is 44.6 Å². The van der Waals surface area contributed by atoms with Gasteiger partial charge in [-0.05, 0) is 60.2 Å². The zero-order chi connectivity index (χ0) is 31.1. The SMILES string of the molecule is CNC(=O)c1c(-c2ccc(F)cc2)oc2cc(N(C)S(C)=O)c(-c3ccc4nnn(Cc5ccc(F)cn5)c(=O)c4c3)cc12. The summed E-state index contributed by atoms with van der Waals surface area (Å²) >= 11 is 0. The Hall–Kier alpha value is -5.30. The summed E-state index contributed by atoms with van der Waals surface area (Å²) in [7, 11) is 1.70. The third-order valence-electron chi connectivity index (χ3n) is 7.22. The fraction of sp³-hybridized carbons (Fsp3) is 0.129. The van der Waals surface area contributed by atoms with Crippen molar-refractivity contribution in [3.63, 3.8) is 0 Å². The summed E-state index contributed by atoms with van der Waals surface area (Å²) in [5.74, 6) is -1.10. The van der Waals surface area contributed by atoms with Crippen LogP contribution in [-0.2, 0) is 17.5 Å². The van der Waals surface area contributed by atoms with Gasteiger partial charge in [-0.3, -0.25) is 18.9 Å². The quantitative estimate of drug-likeness (QED) is 0.277. The summed E-state index contributed by atoms with van der Waals surface area (Å²) in [5, 5.41) is 11.5. The van der Waals surface area contributed by atoms with Crippen molar-refractivity contribution in [1.29, 1.82) is 0 Å². The first-order valence-corrected chi connectivity index (χ1v) is 14.8. The van der Waals surface area contributed by atoms with Crippen LogP contribution in [0.3, 0.4) is 0 Å². The number of carbonyl (C=O) groups is 1. The molecule has 0 aliphatic carbocycles. The van der Waals surface area contributed by atoms with Crippen LogP contribution in [0.25, 0.3) is 44.3 Å². The van der Waals surface area contributed by atoms with E-state index < -0.39 is 34.1 Å². The number of hydrogen-bond donors (Lipinski definition) is 1. The van der Waals surface area contributed by atoms with E-state index in [4.69, 9.17) is 4.42 Å². The molecule has 0 fully saturated rings. The number of pyridine rings is 1. The molecule has 0 saturated heterocycles. The van der Waals surface area contributed by atoms with Crippen LogP contribution in [-0.4, -0.2) is 50.4 Å². The molecule has 222 valence electrons. The van der Waals surface area contributed by atoms with Gasteiger partial charge in [0.05, 0.1) is 35.1 Å². The average Bonchev–Trinajstić information content (AvgIpc) is 3.40. The summed E-state index contributed by atoms with van der Waals surface area (Å²) < 4.78 is 48.5. The first kappa shape index (κ1) is 28.8. The number of halogens is 2. The Kier molecular flexibility index (Phi) is 7.47. The minimum absolute atomic E-state index is 0.0162. The maximum absolute atomic E-state index is 13.7. The average molecular weight is 615 g/mol. The van der Waals surface area contributed by atoms with Gasteiger partial charge in [0.15, 0.2) is 0 Å². The fourth-order valence-corrected chi connectivity index (χ4v) is 5.35. The van der Waals surface area contributed by atoms with Crippen LogP contribution in [0.15, 0.2) is 82.1 Å². The minimum Gasteiger partial charge on any atom is -0.455 e. The van der Waals surface area contributed by atoms with Gasteiger partial charge in [0.2, 0.25) is 0 Å². The topological polar surface area (TPSA) is 123 Å². The summed E-state index contributed by atoms with van der Waals surface area (Å²) in [6, 6.07) is 16.8. The number of furan rings is 1. The third kappa shape index (κ3) is 5.22. The van der Waals surface area contributed by atoms with Gasteiger partial charge in [-0.25, -0.2) is 17.7 Å². The lowest BCUT2D eigenvalue weighted by molar-refractivity contribution is 0.0964. The number of amides is 1. The molecule has 44 heavy (non-hydrogen) atoms. The number of carbonyl (C=O) groups excluding carboxylic acids is 1. The first-order valence-electron chi connectivity index (χ1n) is 13.3. The molecular formula is C31H24F2N6O4S. The molecule has 0 saturated carbocycles. The van der Waals surface area contributed by atoms with Gasteiger partial charge in [0.25, 0.3) is 11.5 Å². The van der Waals surface area contributed by atoms with Gasteiger partial charge in [-0.1, -0.05) is 11.3 Å². The van der Waals surface area contributed by atoms with Crippen LogP contribution in [0.2, 0.25) is 0 Å². The molecular weight excluding hydrogens is 590 g/mol. The molecule has 0 aliphatic heterocycles. The Morgan fingerprint density at radius 3 is 2.41 bits per heavy atom. The summed E-state index contributed by atoms with van der Waals surface area (Å²) in [6.07, 6.45) is 2.58. The van der Waals surface area contributed by atoms with Crippen LogP contribution in [0.1, 0.15) is 16.1 Å². The second-order valence-corrected chi connectivity index (χ2v) is 11.3. The highest BCUT2D eigenvalue weighted by atomic mass is 32.2. The number of nitrogens with one attached hydrogen (secondary N) is 1. The van der Waals surface area contributed by atoms with E-state index in [1.165, 1.54) is 49.7 Å². The van der Waals surface area contributed by atoms with Gasteiger partial charge in [-0.15, -0.1) is 5.10 Å². The molecule has 3 aromatic heterocycles. The van der Waals surface area contributed by atoms with E-state index >= 15 is 0 Å². The number of aromatic nitrogens is 4. The minimum atomic E-state index is -1.45. The molecule has 13 heteroatoms. The Bertz CT molecular complexity index is 2150. The highest BCUT2D eigenvalue weighted by Crippen LogP contribution is 2.41. The van der Waals surface area contributed by atoms with Gasteiger partial charge < -0.3 is 9.73 Å². The monoisotopic (exact) mass is 614 g/mol. The van der Waals surface area contributed by atoms with E-state index in [0.717, 1.165) is 10.9 Å². The largest absolute Gasteiger partial charge is 0.455 e. The van der Waals surface area contributed by atoms with E-state index in [-0.39, 0.29) is 23.3 Å². The van der Waals surface area contributed by atoms with Crippen molar-refractivity contribution in [2.24, 2.45) is 0 Å². The summed E-state index contributed by atoms with van der Waals surface area (Å²) in [6.45, 7) is -0.0162.